The molecule has 242 valence electrons. The van der Waals surface area contributed by atoms with Crippen LogP contribution in [0.1, 0.15) is 56.5 Å². The highest BCUT2D eigenvalue weighted by Gasteiger charge is 2.53. The molecule has 2 fully saturated rings. The minimum absolute atomic E-state index is 0.0606. The van der Waals surface area contributed by atoms with Crippen molar-refractivity contribution < 1.29 is 28.7 Å². The molecule has 4 unspecified atom stereocenters. The van der Waals surface area contributed by atoms with E-state index in [4.69, 9.17) is 4.74 Å². The summed E-state index contributed by atoms with van der Waals surface area (Å²) in [6, 6.07) is 13.3. The third-order valence-electron chi connectivity index (χ3n) is 8.36. The van der Waals surface area contributed by atoms with Gasteiger partial charge < -0.3 is 30.1 Å². The van der Waals surface area contributed by atoms with E-state index in [0.717, 1.165) is 11.3 Å². The Morgan fingerprint density at radius 1 is 0.911 bits per heavy atom. The summed E-state index contributed by atoms with van der Waals surface area (Å²) < 4.78 is 5.34. The molecule has 2 aromatic rings. The molecule has 0 bridgehead atoms. The SMILES string of the molecule is CC(C)CC(NC(=O)c1ccc(N(C)C)cc1)C(=O)N1CCC2C1C(=O)CN2C(=O)C(NC(=O)OCc1ccccc1)C(C)C. The number of carbonyl (C=O) groups excluding carboxylic acids is 5. The second kappa shape index (κ2) is 14.6. The number of hydrogen-bond acceptors (Lipinski definition) is 7. The molecule has 11 nitrogen and oxygen atoms in total. The van der Waals surface area contributed by atoms with Gasteiger partial charge in [0.25, 0.3) is 5.91 Å². The van der Waals surface area contributed by atoms with Gasteiger partial charge in [-0.15, -0.1) is 0 Å². The van der Waals surface area contributed by atoms with Crippen LogP contribution in [0.15, 0.2) is 54.6 Å². The van der Waals surface area contributed by atoms with E-state index in [1.54, 1.807) is 12.1 Å². The Kier molecular flexibility index (Phi) is 10.8. The molecule has 4 amide bonds. The number of carbonyl (C=O) groups is 5. The van der Waals surface area contributed by atoms with Crippen LogP contribution in [0.5, 0.6) is 0 Å². The molecule has 2 N–H and O–H groups in total. The van der Waals surface area contributed by atoms with Crippen LogP contribution in [0.2, 0.25) is 0 Å². The lowest BCUT2D eigenvalue weighted by molar-refractivity contribution is -0.138. The van der Waals surface area contributed by atoms with Crippen LogP contribution in [0.4, 0.5) is 10.5 Å². The van der Waals surface area contributed by atoms with Crippen LogP contribution in [0, 0.1) is 11.8 Å². The third-order valence-corrected chi connectivity index (χ3v) is 8.36. The first-order chi connectivity index (χ1) is 21.4. The van der Waals surface area contributed by atoms with Gasteiger partial charge in [0.05, 0.1) is 12.6 Å². The summed E-state index contributed by atoms with van der Waals surface area (Å²) >= 11 is 0. The number of alkyl carbamates (subject to hydrolysis) is 1. The maximum atomic E-state index is 13.9. The van der Waals surface area contributed by atoms with E-state index < -0.39 is 30.3 Å². The summed E-state index contributed by atoms with van der Waals surface area (Å²) in [4.78, 5) is 71.7. The molecule has 2 aliphatic rings. The largest absolute Gasteiger partial charge is 0.445 e. The average Bonchev–Trinajstić information content (AvgIpc) is 3.59. The Hall–Kier alpha value is -4.41. The molecule has 2 saturated heterocycles. The summed E-state index contributed by atoms with van der Waals surface area (Å²) in [6.07, 6.45) is 0.0981. The number of rotatable bonds is 11. The first kappa shape index (κ1) is 33.5. The van der Waals surface area contributed by atoms with Crippen molar-refractivity contribution in [2.45, 2.75) is 71.3 Å². The van der Waals surface area contributed by atoms with Gasteiger partial charge in [0, 0.05) is 31.9 Å². The Labute approximate surface area is 265 Å². The van der Waals surface area contributed by atoms with Gasteiger partial charge in [0.2, 0.25) is 11.8 Å². The van der Waals surface area contributed by atoms with E-state index in [1.807, 2.05) is 89.2 Å². The van der Waals surface area contributed by atoms with E-state index in [9.17, 15) is 24.0 Å². The van der Waals surface area contributed by atoms with Crippen molar-refractivity contribution in [1.82, 2.24) is 20.4 Å². The number of anilines is 1. The van der Waals surface area contributed by atoms with Gasteiger partial charge in [-0.3, -0.25) is 19.2 Å². The maximum absolute atomic E-state index is 13.9. The fraction of sp³-hybridized carbons (Fsp3) is 0.500. The summed E-state index contributed by atoms with van der Waals surface area (Å²) in [6.45, 7) is 7.75. The van der Waals surface area contributed by atoms with Gasteiger partial charge >= 0.3 is 6.09 Å². The highest BCUT2D eigenvalue weighted by atomic mass is 16.5. The molecule has 11 heteroatoms. The molecule has 2 heterocycles. The fourth-order valence-corrected chi connectivity index (χ4v) is 5.99. The highest BCUT2D eigenvalue weighted by Crippen LogP contribution is 2.32. The fourth-order valence-electron chi connectivity index (χ4n) is 5.99. The molecule has 0 aliphatic carbocycles. The zero-order chi connectivity index (χ0) is 32.8. The van der Waals surface area contributed by atoms with Crippen molar-refractivity contribution in [3.63, 3.8) is 0 Å². The topological polar surface area (TPSA) is 128 Å². The Morgan fingerprint density at radius 3 is 2.18 bits per heavy atom. The smallest absolute Gasteiger partial charge is 0.408 e. The molecule has 2 aliphatic heterocycles. The molecular formula is C34H45N5O6. The number of benzene rings is 2. The number of Topliss-reactive ketones (excluding diaryl/α,β-unsaturated/α-hetero) is 1. The molecule has 0 radical (unpaired) electrons. The van der Waals surface area contributed by atoms with Crippen LogP contribution in [-0.4, -0.2) is 90.8 Å². The number of fused-ring (bicyclic) bond motifs is 1. The quantitative estimate of drug-likeness (QED) is 0.395. The normalized spacial score (nSPS) is 18.9. The van der Waals surface area contributed by atoms with Crippen LogP contribution >= 0.6 is 0 Å². The molecule has 0 saturated carbocycles. The maximum Gasteiger partial charge on any atom is 0.408 e. The molecule has 2 aromatic carbocycles. The number of likely N-dealkylation sites (tertiary alicyclic amines) is 2. The Bertz CT molecular complexity index is 1380. The van der Waals surface area contributed by atoms with Crippen molar-refractivity contribution in [3.8, 4) is 0 Å². The molecule has 4 rings (SSSR count). The monoisotopic (exact) mass is 619 g/mol. The first-order valence-corrected chi connectivity index (χ1v) is 15.6. The lowest BCUT2D eigenvalue weighted by Crippen LogP contribution is -2.54. The van der Waals surface area contributed by atoms with Gasteiger partial charge in [-0.2, -0.15) is 0 Å². The zero-order valence-electron chi connectivity index (χ0n) is 27.0. The molecular weight excluding hydrogens is 574 g/mol. The van der Waals surface area contributed by atoms with Crippen LogP contribution in [0.25, 0.3) is 0 Å². The summed E-state index contributed by atoms with van der Waals surface area (Å²) in [5.74, 6) is -1.49. The summed E-state index contributed by atoms with van der Waals surface area (Å²) in [7, 11) is 3.82. The molecule has 4 atom stereocenters. The van der Waals surface area contributed by atoms with E-state index in [0.29, 0.717) is 18.4 Å². The van der Waals surface area contributed by atoms with E-state index in [2.05, 4.69) is 10.6 Å². The van der Waals surface area contributed by atoms with Crippen LogP contribution < -0.4 is 15.5 Å². The number of nitrogens with zero attached hydrogens (tertiary/aromatic N) is 3. The van der Waals surface area contributed by atoms with Gasteiger partial charge in [-0.1, -0.05) is 58.0 Å². The van der Waals surface area contributed by atoms with Gasteiger partial charge in [-0.05, 0) is 54.5 Å². The van der Waals surface area contributed by atoms with Gasteiger partial charge in [0.1, 0.15) is 24.7 Å². The number of ketones is 1. The Morgan fingerprint density at radius 2 is 1.58 bits per heavy atom. The number of ether oxygens (including phenoxy) is 1. The minimum atomic E-state index is -0.906. The predicted octanol–water partition coefficient (Wildman–Crippen LogP) is 3.23. The zero-order valence-corrected chi connectivity index (χ0v) is 27.0. The van der Waals surface area contributed by atoms with Crippen LogP contribution in [-0.2, 0) is 25.7 Å². The molecule has 45 heavy (non-hydrogen) atoms. The minimum Gasteiger partial charge on any atom is -0.445 e. The van der Waals surface area contributed by atoms with E-state index in [1.165, 1.54) is 9.80 Å². The standard InChI is InChI=1S/C34H45N5O6/c1-21(2)18-26(35-31(41)24-12-14-25(15-13-24)37(5)6)32(42)38-17-16-27-30(38)28(40)19-39(27)33(43)29(22(3)4)36-34(44)45-20-23-10-8-7-9-11-23/h7-15,21-22,26-27,29-30H,16-20H2,1-6H3,(H,35,41)(H,36,44). The van der Waals surface area contributed by atoms with Crippen molar-refractivity contribution in [2.24, 2.45) is 11.8 Å². The lowest BCUT2D eigenvalue weighted by atomic mass is 10.0. The lowest BCUT2D eigenvalue weighted by Gasteiger charge is -2.30. The summed E-state index contributed by atoms with van der Waals surface area (Å²) in [5.41, 5.74) is 2.20. The number of hydrogen-bond donors (Lipinski definition) is 2. The van der Waals surface area contributed by atoms with Gasteiger partial charge in [0.15, 0.2) is 5.78 Å². The van der Waals surface area contributed by atoms with Crippen LogP contribution in [0.3, 0.4) is 0 Å². The average molecular weight is 620 g/mol. The van der Waals surface area contributed by atoms with E-state index >= 15 is 0 Å². The number of nitrogens with one attached hydrogen (secondary N) is 2. The molecule has 0 aromatic heterocycles. The van der Waals surface area contributed by atoms with Crippen molar-refractivity contribution >= 4 is 35.3 Å². The Balaban J connectivity index is 1.43. The second-order valence-electron chi connectivity index (χ2n) is 12.8. The van der Waals surface area contributed by atoms with Crippen molar-refractivity contribution in [2.75, 3.05) is 32.1 Å². The van der Waals surface area contributed by atoms with Crippen molar-refractivity contribution in [3.05, 3.63) is 65.7 Å². The number of amides is 4. The summed E-state index contributed by atoms with van der Waals surface area (Å²) in [5, 5.41) is 5.58. The molecule has 0 spiro atoms. The highest BCUT2D eigenvalue weighted by molar-refractivity contribution is 6.01. The predicted molar refractivity (Wildman–Crippen MR) is 170 cm³/mol. The van der Waals surface area contributed by atoms with Gasteiger partial charge in [-0.25, -0.2) is 4.79 Å². The van der Waals surface area contributed by atoms with Crippen molar-refractivity contribution in [1.29, 1.82) is 0 Å². The third kappa shape index (κ3) is 8.01. The second-order valence-corrected chi connectivity index (χ2v) is 12.8. The van der Waals surface area contributed by atoms with E-state index in [-0.39, 0.29) is 55.0 Å². The first-order valence-electron chi connectivity index (χ1n) is 15.6.